The number of methoxy groups -OCH3 is 1. The van der Waals surface area contributed by atoms with Crippen LogP contribution in [0, 0.1) is 0 Å². The van der Waals surface area contributed by atoms with Gasteiger partial charge in [0.2, 0.25) is 0 Å². The molecule has 0 aromatic carbocycles. The van der Waals surface area contributed by atoms with Gasteiger partial charge < -0.3 is 15.4 Å². The van der Waals surface area contributed by atoms with Gasteiger partial charge in [0.1, 0.15) is 0 Å². The van der Waals surface area contributed by atoms with Crippen molar-refractivity contribution in [3.8, 4) is 0 Å². The molecule has 0 bridgehead atoms. The molecule has 0 radical (unpaired) electrons. The molecule has 0 heterocycles. The molecule has 80 valence electrons. The number of hydrogen-bond donors (Lipinski definition) is 1. The fourth-order valence-corrected chi connectivity index (χ4v) is 1.30. The Labute approximate surface area is 82.2 Å². The Balaban J connectivity index is 3.35. The smallest absolute Gasteiger partial charge is 0.0589 e. The fraction of sp³-hybridized carbons (Fsp3) is 1.00. The molecule has 2 N–H and O–H groups in total. The number of ether oxygens (including phenoxy) is 1. The molecule has 0 saturated carbocycles. The zero-order valence-electron chi connectivity index (χ0n) is 9.25. The molecule has 3 heteroatoms. The summed E-state index contributed by atoms with van der Waals surface area (Å²) in [5.41, 5.74) is 5.95. The van der Waals surface area contributed by atoms with Gasteiger partial charge in [-0.15, -0.1) is 0 Å². The maximum Gasteiger partial charge on any atom is 0.0589 e. The molecular formula is C10H24N2O. The van der Waals surface area contributed by atoms with Gasteiger partial charge in [0.25, 0.3) is 0 Å². The van der Waals surface area contributed by atoms with E-state index in [-0.39, 0.29) is 0 Å². The van der Waals surface area contributed by atoms with Crippen LogP contribution in [0.2, 0.25) is 0 Å². The van der Waals surface area contributed by atoms with Gasteiger partial charge in [-0.1, -0.05) is 19.8 Å². The molecule has 1 unspecified atom stereocenters. The first-order valence-electron chi connectivity index (χ1n) is 5.13. The third-order valence-electron chi connectivity index (χ3n) is 2.15. The van der Waals surface area contributed by atoms with Crippen LogP contribution in [0.4, 0.5) is 0 Å². The Morgan fingerprint density at radius 2 is 2.15 bits per heavy atom. The number of nitrogens with zero attached hydrogens (tertiary/aromatic N) is 1. The molecule has 0 aliphatic heterocycles. The minimum absolute atomic E-state index is 0.321. The molecule has 1 atom stereocenters. The van der Waals surface area contributed by atoms with Crippen LogP contribution in [0.15, 0.2) is 0 Å². The molecule has 13 heavy (non-hydrogen) atoms. The summed E-state index contributed by atoms with van der Waals surface area (Å²) in [6.07, 6.45) is 3.60. The van der Waals surface area contributed by atoms with Crippen molar-refractivity contribution in [1.82, 2.24) is 4.90 Å². The largest absolute Gasteiger partial charge is 0.383 e. The zero-order chi connectivity index (χ0) is 10.1. The van der Waals surface area contributed by atoms with Crippen LogP contribution in [0.5, 0.6) is 0 Å². The summed E-state index contributed by atoms with van der Waals surface area (Å²) < 4.78 is 4.99. The molecule has 0 rings (SSSR count). The van der Waals surface area contributed by atoms with E-state index in [0.29, 0.717) is 6.04 Å². The lowest BCUT2D eigenvalue weighted by Gasteiger charge is -2.20. The highest BCUT2D eigenvalue weighted by Gasteiger charge is 2.05. The first-order chi connectivity index (χ1) is 6.20. The normalized spacial score (nSPS) is 13.6. The van der Waals surface area contributed by atoms with Crippen LogP contribution in [-0.4, -0.2) is 44.8 Å². The van der Waals surface area contributed by atoms with E-state index in [2.05, 4.69) is 18.9 Å². The molecule has 0 aliphatic rings. The van der Waals surface area contributed by atoms with Crippen molar-refractivity contribution in [1.29, 1.82) is 0 Å². The van der Waals surface area contributed by atoms with Crippen molar-refractivity contribution in [3.63, 3.8) is 0 Å². The SMILES string of the molecule is CCCCC(N)CN(C)CCOC. The molecule has 3 nitrogen and oxygen atoms in total. The fourth-order valence-electron chi connectivity index (χ4n) is 1.30. The van der Waals surface area contributed by atoms with E-state index in [1.807, 2.05) is 0 Å². The minimum atomic E-state index is 0.321. The quantitative estimate of drug-likeness (QED) is 0.619. The Hall–Kier alpha value is -0.120. The summed E-state index contributed by atoms with van der Waals surface area (Å²) in [6, 6.07) is 0.321. The predicted octanol–water partition coefficient (Wildman–Crippen LogP) is 1.08. The van der Waals surface area contributed by atoms with Gasteiger partial charge in [0, 0.05) is 26.2 Å². The summed E-state index contributed by atoms with van der Waals surface area (Å²) in [5.74, 6) is 0. The van der Waals surface area contributed by atoms with Gasteiger partial charge in [-0.3, -0.25) is 0 Å². The van der Waals surface area contributed by atoms with E-state index >= 15 is 0 Å². The summed E-state index contributed by atoms with van der Waals surface area (Å²) >= 11 is 0. The monoisotopic (exact) mass is 188 g/mol. The second-order valence-electron chi connectivity index (χ2n) is 3.66. The van der Waals surface area contributed by atoms with Crippen LogP contribution in [-0.2, 0) is 4.74 Å². The first kappa shape index (κ1) is 12.9. The van der Waals surface area contributed by atoms with Gasteiger partial charge in [-0.25, -0.2) is 0 Å². The van der Waals surface area contributed by atoms with Crippen LogP contribution in [0.1, 0.15) is 26.2 Å². The lowest BCUT2D eigenvalue weighted by Crippen LogP contribution is -2.36. The van der Waals surface area contributed by atoms with Crippen molar-refractivity contribution in [2.45, 2.75) is 32.2 Å². The van der Waals surface area contributed by atoms with Crippen LogP contribution < -0.4 is 5.73 Å². The minimum Gasteiger partial charge on any atom is -0.383 e. The lowest BCUT2D eigenvalue weighted by atomic mass is 10.1. The van der Waals surface area contributed by atoms with Crippen molar-refractivity contribution in [2.75, 3.05) is 33.9 Å². The predicted molar refractivity (Wildman–Crippen MR) is 56.9 cm³/mol. The van der Waals surface area contributed by atoms with E-state index in [1.54, 1.807) is 7.11 Å². The molecule has 0 fully saturated rings. The van der Waals surface area contributed by atoms with Gasteiger partial charge >= 0.3 is 0 Å². The van der Waals surface area contributed by atoms with E-state index in [4.69, 9.17) is 10.5 Å². The van der Waals surface area contributed by atoms with Gasteiger partial charge in [0.05, 0.1) is 6.61 Å². The third-order valence-corrected chi connectivity index (χ3v) is 2.15. The van der Waals surface area contributed by atoms with Gasteiger partial charge in [0.15, 0.2) is 0 Å². The Kier molecular flexibility index (Phi) is 8.40. The van der Waals surface area contributed by atoms with Crippen molar-refractivity contribution in [2.24, 2.45) is 5.73 Å². The molecule has 0 aromatic heterocycles. The number of unbranched alkanes of at least 4 members (excludes halogenated alkanes) is 1. The van der Waals surface area contributed by atoms with Crippen LogP contribution in [0.25, 0.3) is 0 Å². The molecule has 0 aromatic rings. The van der Waals surface area contributed by atoms with Crippen molar-refractivity contribution >= 4 is 0 Å². The number of nitrogens with two attached hydrogens (primary N) is 1. The second-order valence-corrected chi connectivity index (χ2v) is 3.66. The second kappa shape index (κ2) is 8.48. The average molecular weight is 188 g/mol. The van der Waals surface area contributed by atoms with Crippen LogP contribution in [0.3, 0.4) is 0 Å². The molecule has 0 spiro atoms. The summed E-state index contributed by atoms with van der Waals surface area (Å²) in [5, 5.41) is 0. The summed E-state index contributed by atoms with van der Waals surface area (Å²) in [7, 11) is 3.82. The molecule has 0 saturated heterocycles. The molecule has 0 amide bonds. The van der Waals surface area contributed by atoms with E-state index in [0.717, 1.165) is 26.1 Å². The summed E-state index contributed by atoms with van der Waals surface area (Å²) in [4.78, 5) is 2.23. The highest BCUT2D eigenvalue weighted by atomic mass is 16.5. The topological polar surface area (TPSA) is 38.5 Å². The van der Waals surface area contributed by atoms with E-state index < -0.39 is 0 Å². The Morgan fingerprint density at radius 1 is 1.46 bits per heavy atom. The average Bonchev–Trinajstić information content (AvgIpc) is 2.11. The van der Waals surface area contributed by atoms with E-state index in [9.17, 15) is 0 Å². The summed E-state index contributed by atoms with van der Waals surface area (Å²) in [6.45, 7) is 4.93. The first-order valence-corrected chi connectivity index (χ1v) is 5.13. The van der Waals surface area contributed by atoms with E-state index in [1.165, 1.54) is 12.8 Å². The Bertz CT molecular complexity index is 97.1. The third kappa shape index (κ3) is 8.22. The maximum absolute atomic E-state index is 5.95. The number of likely N-dealkylation sites (N-methyl/N-ethyl adjacent to an activating group) is 1. The van der Waals surface area contributed by atoms with Crippen LogP contribution >= 0.6 is 0 Å². The maximum atomic E-state index is 5.95. The number of rotatable bonds is 8. The van der Waals surface area contributed by atoms with Crippen molar-refractivity contribution in [3.05, 3.63) is 0 Å². The lowest BCUT2D eigenvalue weighted by molar-refractivity contribution is 0.157. The molecular weight excluding hydrogens is 164 g/mol. The molecule has 0 aliphatic carbocycles. The highest BCUT2D eigenvalue weighted by Crippen LogP contribution is 1.99. The Morgan fingerprint density at radius 3 is 2.69 bits per heavy atom. The van der Waals surface area contributed by atoms with Gasteiger partial charge in [-0.2, -0.15) is 0 Å². The van der Waals surface area contributed by atoms with Crippen molar-refractivity contribution < 1.29 is 4.74 Å². The highest BCUT2D eigenvalue weighted by molar-refractivity contribution is 4.65. The standard InChI is InChI=1S/C10H24N2O/c1-4-5-6-10(11)9-12(2)7-8-13-3/h10H,4-9,11H2,1-3H3. The zero-order valence-corrected chi connectivity index (χ0v) is 9.25. The van der Waals surface area contributed by atoms with Gasteiger partial charge in [-0.05, 0) is 13.5 Å². The number of hydrogen-bond acceptors (Lipinski definition) is 3.